The number of aromatic amines is 1. The smallest absolute Gasteiger partial charge is 0.296 e. The van der Waals surface area contributed by atoms with Gasteiger partial charge >= 0.3 is 0 Å². The summed E-state index contributed by atoms with van der Waals surface area (Å²) in [6, 6.07) is 0. The van der Waals surface area contributed by atoms with E-state index in [0.29, 0.717) is 20.8 Å². The lowest BCUT2D eigenvalue weighted by molar-refractivity contribution is 0.101. The molecule has 0 bridgehead atoms. The Morgan fingerprint density at radius 1 is 1.30 bits per heavy atom. The van der Waals surface area contributed by atoms with Crippen molar-refractivity contribution in [3.8, 4) is 0 Å². The summed E-state index contributed by atoms with van der Waals surface area (Å²) in [6.45, 7) is 5.93. The fourth-order valence-corrected chi connectivity index (χ4v) is 2.20. The van der Waals surface area contributed by atoms with E-state index in [-0.39, 0.29) is 11.2 Å². The number of nitrogens with zero attached hydrogens (tertiary/aromatic N) is 4. The van der Waals surface area contributed by atoms with Gasteiger partial charge in [-0.1, -0.05) is 20.8 Å². The van der Waals surface area contributed by atoms with Crippen molar-refractivity contribution in [2.24, 2.45) is 0 Å². The maximum Gasteiger partial charge on any atom is 0.296 e. The summed E-state index contributed by atoms with van der Waals surface area (Å²) < 4.78 is 0.988. The first-order valence-corrected chi connectivity index (χ1v) is 7.28. The lowest BCUT2D eigenvalue weighted by atomic mass is 9.96. The molecular weight excluding hydrogens is 392 g/mol. The van der Waals surface area contributed by atoms with Crippen LogP contribution in [0.4, 0.5) is 5.82 Å². The van der Waals surface area contributed by atoms with Crippen LogP contribution in [0.2, 0.25) is 0 Å². The summed E-state index contributed by atoms with van der Waals surface area (Å²) in [5.41, 5.74) is -0.205. The van der Waals surface area contributed by atoms with E-state index in [9.17, 15) is 4.79 Å². The number of carbonyl (C=O) groups excluding carboxylic acids is 1. The van der Waals surface area contributed by atoms with Crippen LogP contribution >= 0.6 is 31.9 Å². The highest BCUT2D eigenvalue weighted by Crippen LogP contribution is 2.20. The molecule has 1 amide bonds. The van der Waals surface area contributed by atoms with Crippen LogP contribution < -0.4 is 5.32 Å². The summed E-state index contributed by atoms with van der Waals surface area (Å²) >= 11 is 6.40. The van der Waals surface area contributed by atoms with E-state index in [2.05, 4.69) is 62.3 Å². The third-order valence-corrected chi connectivity index (χ3v) is 3.27. The van der Waals surface area contributed by atoms with Gasteiger partial charge in [0.15, 0.2) is 5.82 Å². The fourth-order valence-electron chi connectivity index (χ4n) is 1.29. The van der Waals surface area contributed by atoms with Crippen molar-refractivity contribution in [1.29, 1.82) is 0 Å². The molecule has 0 aliphatic carbocycles. The number of amides is 1. The van der Waals surface area contributed by atoms with Crippen LogP contribution in [0.15, 0.2) is 15.4 Å². The molecule has 0 atom stereocenters. The van der Waals surface area contributed by atoms with Gasteiger partial charge in [0.25, 0.3) is 5.91 Å². The number of hydrogen-bond acceptors (Lipinski definition) is 5. The largest absolute Gasteiger partial charge is 0.301 e. The van der Waals surface area contributed by atoms with Crippen LogP contribution in [0.25, 0.3) is 0 Å². The van der Waals surface area contributed by atoms with Gasteiger partial charge in [-0.25, -0.2) is 15.0 Å². The number of hydrogen-bond donors (Lipinski definition) is 2. The predicted molar refractivity (Wildman–Crippen MR) is 80.5 cm³/mol. The summed E-state index contributed by atoms with van der Waals surface area (Å²) in [6.07, 6.45) is 1.49. The second-order valence-electron chi connectivity index (χ2n) is 5.04. The third kappa shape index (κ3) is 3.40. The standard InChI is InChI=1S/C11H12Br2N6O/c1-11(2,3)10-17-8(18-19-10)9(20)16-7-6(13)15-5(12)4-14-7/h4H,1-3H3,(H,14,16,20)(H,17,18,19). The van der Waals surface area contributed by atoms with Gasteiger partial charge in [-0.2, -0.15) is 0 Å². The molecule has 106 valence electrons. The van der Waals surface area contributed by atoms with Gasteiger partial charge < -0.3 is 5.32 Å². The average Bonchev–Trinajstić information content (AvgIpc) is 2.82. The molecular formula is C11H12Br2N6O. The van der Waals surface area contributed by atoms with Crippen LogP contribution in [-0.4, -0.2) is 31.1 Å². The third-order valence-electron chi connectivity index (χ3n) is 2.33. The summed E-state index contributed by atoms with van der Waals surface area (Å²) in [5.74, 6) is 0.560. The van der Waals surface area contributed by atoms with Crippen LogP contribution in [-0.2, 0) is 5.41 Å². The van der Waals surface area contributed by atoms with E-state index >= 15 is 0 Å². The molecule has 0 radical (unpaired) electrons. The first-order chi connectivity index (χ1) is 9.27. The number of nitrogens with one attached hydrogen (secondary N) is 2. The van der Waals surface area contributed by atoms with Gasteiger partial charge in [-0.3, -0.25) is 9.89 Å². The van der Waals surface area contributed by atoms with Crippen LogP contribution in [0, 0.1) is 0 Å². The molecule has 0 saturated carbocycles. The molecule has 0 saturated heterocycles. The van der Waals surface area contributed by atoms with Gasteiger partial charge in [0.05, 0.1) is 6.20 Å². The molecule has 2 aromatic rings. The van der Waals surface area contributed by atoms with Crippen molar-refractivity contribution < 1.29 is 4.79 Å². The normalized spacial score (nSPS) is 11.4. The maximum atomic E-state index is 12.0. The lowest BCUT2D eigenvalue weighted by Crippen LogP contribution is -2.17. The van der Waals surface area contributed by atoms with Crippen molar-refractivity contribution in [1.82, 2.24) is 25.1 Å². The molecule has 20 heavy (non-hydrogen) atoms. The molecule has 0 spiro atoms. The Bertz CT molecular complexity index is 649. The van der Waals surface area contributed by atoms with E-state index in [1.54, 1.807) is 0 Å². The highest BCUT2D eigenvalue weighted by molar-refractivity contribution is 9.11. The minimum absolute atomic E-state index is 0.0616. The second-order valence-corrected chi connectivity index (χ2v) is 6.61. The summed E-state index contributed by atoms with van der Waals surface area (Å²) in [5, 5.41) is 9.26. The highest BCUT2D eigenvalue weighted by Gasteiger charge is 2.22. The van der Waals surface area contributed by atoms with Gasteiger partial charge in [-0.15, -0.1) is 5.10 Å². The van der Waals surface area contributed by atoms with Crippen molar-refractivity contribution in [2.45, 2.75) is 26.2 Å². The zero-order valence-corrected chi connectivity index (χ0v) is 14.2. The van der Waals surface area contributed by atoms with Crippen LogP contribution in [0.3, 0.4) is 0 Å². The average molecular weight is 404 g/mol. The number of carbonyl (C=O) groups is 1. The number of halogens is 2. The Morgan fingerprint density at radius 3 is 2.55 bits per heavy atom. The Labute approximate surface area is 132 Å². The molecule has 0 aromatic carbocycles. The Balaban J connectivity index is 2.18. The molecule has 0 fully saturated rings. The molecule has 2 N–H and O–H groups in total. The molecule has 0 aliphatic rings. The van der Waals surface area contributed by atoms with Crippen LogP contribution in [0.5, 0.6) is 0 Å². The van der Waals surface area contributed by atoms with Gasteiger partial charge in [0, 0.05) is 5.41 Å². The monoisotopic (exact) mass is 402 g/mol. The quantitative estimate of drug-likeness (QED) is 0.803. The molecule has 2 aromatic heterocycles. The number of anilines is 1. The first kappa shape index (κ1) is 15.0. The Morgan fingerprint density at radius 2 is 2.00 bits per heavy atom. The predicted octanol–water partition coefficient (Wildman–Crippen LogP) is 2.67. The van der Waals surface area contributed by atoms with Gasteiger partial charge in [0.1, 0.15) is 15.0 Å². The minimum Gasteiger partial charge on any atom is -0.301 e. The van der Waals surface area contributed by atoms with Gasteiger partial charge in [0.2, 0.25) is 5.82 Å². The Kier molecular flexibility index (Phi) is 4.19. The zero-order chi connectivity index (χ0) is 14.9. The van der Waals surface area contributed by atoms with E-state index in [1.165, 1.54) is 6.20 Å². The first-order valence-electron chi connectivity index (χ1n) is 5.69. The second kappa shape index (κ2) is 5.57. The van der Waals surface area contributed by atoms with E-state index in [0.717, 1.165) is 0 Å². The summed E-state index contributed by atoms with van der Waals surface area (Å²) in [7, 11) is 0. The molecule has 7 nitrogen and oxygen atoms in total. The van der Waals surface area contributed by atoms with Crippen molar-refractivity contribution >= 4 is 43.6 Å². The van der Waals surface area contributed by atoms with Crippen LogP contribution in [0.1, 0.15) is 37.2 Å². The van der Waals surface area contributed by atoms with E-state index < -0.39 is 5.91 Å². The van der Waals surface area contributed by atoms with Gasteiger partial charge in [-0.05, 0) is 31.9 Å². The molecule has 2 heterocycles. The highest BCUT2D eigenvalue weighted by atomic mass is 79.9. The molecule has 0 unspecified atom stereocenters. The van der Waals surface area contributed by atoms with Crippen molar-refractivity contribution in [3.63, 3.8) is 0 Å². The SMILES string of the molecule is CC(C)(C)c1nc(C(=O)Nc2ncc(Br)nc2Br)n[nH]1. The zero-order valence-electron chi connectivity index (χ0n) is 11.0. The molecule has 9 heteroatoms. The minimum atomic E-state index is -0.450. The van der Waals surface area contributed by atoms with E-state index in [1.807, 2.05) is 20.8 Å². The topological polar surface area (TPSA) is 96.5 Å². The number of rotatable bonds is 2. The number of aromatic nitrogens is 5. The van der Waals surface area contributed by atoms with Crippen molar-refractivity contribution in [2.75, 3.05) is 5.32 Å². The summed E-state index contributed by atoms with van der Waals surface area (Å²) in [4.78, 5) is 24.3. The fraction of sp³-hybridized carbons (Fsp3) is 0.364. The van der Waals surface area contributed by atoms with E-state index in [4.69, 9.17) is 0 Å². The maximum absolute atomic E-state index is 12.0. The van der Waals surface area contributed by atoms with Crippen molar-refractivity contribution in [3.05, 3.63) is 27.1 Å². The number of H-pyrrole nitrogens is 1. The lowest BCUT2D eigenvalue weighted by Gasteiger charge is -2.12. The Hall–Kier alpha value is -1.35. The molecule has 0 aliphatic heterocycles. The molecule has 2 rings (SSSR count).